The van der Waals surface area contributed by atoms with Crippen LogP contribution in [0.3, 0.4) is 0 Å². The zero-order valence-electron chi connectivity index (χ0n) is 9.42. The Bertz CT molecular complexity index is 535. The fraction of sp³-hybridized carbons (Fsp3) is 0.154. The summed E-state index contributed by atoms with van der Waals surface area (Å²) in [5.74, 6) is -1.06. The molecule has 0 amide bonds. The second kappa shape index (κ2) is 4.74. The van der Waals surface area contributed by atoms with Gasteiger partial charge in [0.25, 0.3) is 0 Å². The number of hydrogen-bond acceptors (Lipinski definition) is 3. The van der Waals surface area contributed by atoms with E-state index in [4.69, 9.17) is 5.11 Å². The first-order valence-corrected chi connectivity index (χ1v) is 5.26. The molecule has 1 aromatic carbocycles. The van der Waals surface area contributed by atoms with Gasteiger partial charge < -0.3 is 5.11 Å². The van der Waals surface area contributed by atoms with Gasteiger partial charge in [0.2, 0.25) is 0 Å². The van der Waals surface area contributed by atoms with Gasteiger partial charge in [-0.05, 0) is 24.6 Å². The van der Waals surface area contributed by atoms with Gasteiger partial charge in [-0.15, -0.1) is 5.10 Å². The molecule has 0 aliphatic heterocycles. The van der Waals surface area contributed by atoms with Crippen LogP contribution in [-0.4, -0.2) is 21.3 Å². The molecule has 0 spiro atoms. The second-order valence-electron chi connectivity index (χ2n) is 3.88. The van der Waals surface area contributed by atoms with Crippen LogP contribution < -0.4 is 0 Å². The molecule has 1 N–H and O–H groups in total. The summed E-state index contributed by atoms with van der Waals surface area (Å²) in [6.45, 7) is 2.03. The molecule has 0 atom stereocenters. The minimum atomic E-state index is -1.06. The van der Waals surface area contributed by atoms with E-state index in [0.29, 0.717) is 6.42 Å². The first kappa shape index (κ1) is 11.3. The van der Waals surface area contributed by atoms with E-state index in [0.717, 1.165) is 11.3 Å². The summed E-state index contributed by atoms with van der Waals surface area (Å²) in [5.41, 5.74) is 3.07. The molecule has 0 fully saturated rings. The van der Waals surface area contributed by atoms with Gasteiger partial charge in [-0.25, -0.2) is 4.79 Å². The van der Waals surface area contributed by atoms with E-state index in [1.165, 1.54) is 11.6 Å². The molecule has 17 heavy (non-hydrogen) atoms. The van der Waals surface area contributed by atoms with E-state index in [-0.39, 0.29) is 5.69 Å². The fourth-order valence-electron chi connectivity index (χ4n) is 1.60. The molecule has 0 saturated carbocycles. The van der Waals surface area contributed by atoms with Gasteiger partial charge in [-0.1, -0.05) is 29.8 Å². The third kappa shape index (κ3) is 2.87. The number of benzene rings is 1. The second-order valence-corrected chi connectivity index (χ2v) is 3.88. The maximum Gasteiger partial charge on any atom is 0.356 e. The standard InChI is InChI=1S/C13H12N2O2/c1-9-3-2-4-10(7-9)8-11-5-6-12(13(16)17)15-14-11/h2-7H,8H2,1H3,(H,16,17). The molecular weight excluding hydrogens is 216 g/mol. The topological polar surface area (TPSA) is 63.1 Å². The summed E-state index contributed by atoms with van der Waals surface area (Å²) < 4.78 is 0. The quantitative estimate of drug-likeness (QED) is 0.873. The van der Waals surface area contributed by atoms with Crippen LogP contribution in [0.2, 0.25) is 0 Å². The Morgan fingerprint density at radius 1 is 1.24 bits per heavy atom. The fourth-order valence-corrected chi connectivity index (χ4v) is 1.60. The van der Waals surface area contributed by atoms with E-state index in [1.807, 2.05) is 25.1 Å². The number of aromatic nitrogens is 2. The monoisotopic (exact) mass is 228 g/mol. The number of hydrogen-bond donors (Lipinski definition) is 1. The lowest BCUT2D eigenvalue weighted by atomic mass is 10.1. The van der Waals surface area contributed by atoms with Crippen molar-refractivity contribution in [2.75, 3.05) is 0 Å². The highest BCUT2D eigenvalue weighted by Crippen LogP contribution is 2.09. The van der Waals surface area contributed by atoms with Crippen LogP contribution in [0, 0.1) is 6.92 Å². The van der Waals surface area contributed by atoms with Gasteiger partial charge in [-0.3, -0.25) is 0 Å². The van der Waals surface area contributed by atoms with Crippen LogP contribution >= 0.6 is 0 Å². The van der Waals surface area contributed by atoms with E-state index in [9.17, 15) is 4.79 Å². The Labute approximate surface area is 98.9 Å². The maximum absolute atomic E-state index is 10.6. The zero-order valence-corrected chi connectivity index (χ0v) is 9.42. The van der Waals surface area contributed by atoms with Crippen LogP contribution in [0.15, 0.2) is 36.4 Å². The Morgan fingerprint density at radius 3 is 2.65 bits per heavy atom. The largest absolute Gasteiger partial charge is 0.476 e. The molecule has 2 aromatic rings. The average molecular weight is 228 g/mol. The van der Waals surface area contributed by atoms with Crippen molar-refractivity contribution in [2.45, 2.75) is 13.3 Å². The highest BCUT2D eigenvalue weighted by atomic mass is 16.4. The molecule has 4 heteroatoms. The number of nitrogens with zero attached hydrogens (tertiary/aromatic N) is 2. The normalized spacial score (nSPS) is 10.2. The molecule has 0 aliphatic rings. The molecule has 86 valence electrons. The maximum atomic E-state index is 10.6. The van der Waals surface area contributed by atoms with Gasteiger partial charge in [0.05, 0.1) is 5.69 Å². The number of rotatable bonds is 3. The summed E-state index contributed by atoms with van der Waals surface area (Å²) in [7, 11) is 0. The molecule has 1 heterocycles. The molecule has 0 radical (unpaired) electrons. The van der Waals surface area contributed by atoms with E-state index >= 15 is 0 Å². The van der Waals surface area contributed by atoms with Crippen molar-refractivity contribution in [2.24, 2.45) is 0 Å². The summed E-state index contributed by atoms with van der Waals surface area (Å²) in [4.78, 5) is 10.6. The van der Waals surface area contributed by atoms with Crippen LogP contribution in [-0.2, 0) is 6.42 Å². The van der Waals surface area contributed by atoms with Gasteiger partial charge in [0.1, 0.15) is 0 Å². The Balaban J connectivity index is 2.16. The molecule has 2 rings (SSSR count). The highest BCUT2D eigenvalue weighted by molar-refractivity contribution is 5.84. The van der Waals surface area contributed by atoms with Gasteiger partial charge in [0, 0.05) is 6.42 Å². The number of carboxylic acids is 1. The van der Waals surface area contributed by atoms with Crippen molar-refractivity contribution in [3.8, 4) is 0 Å². The minimum absolute atomic E-state index is 0.0296. The predicted octanol–water partition coefficient (Wildman–Crippen LogP) is 2.07. The Kier molecular flexibility index (Phi) is 3.14. The third-order valence-corrected chi connectivity index (χ3v) is 2.41. The molecule has 0 bridgehead atoms. The van der Waals surface area contributed by atoms with E-state index in [2.05, 4.69) is 16.3 Å². The van der Waals surface area contributed by atoms with Crippen molar-refractivity contribution in [3.05, 3.63) is 58.9 Å². The van der Waals surface area contributed by atoms with E-state index < -0.39 is 5.97 Å². The van der Waals surface area contributed by atoms with Crippen molar-refractivity contribution in [1.29, 1.82) is 0 Å². The smallest absolute Gasteiger partial charge is 0.356 e. The highest BCUT2D eigenvalue weighted by Gasteiger charge is 2.05. The first-order valence-electron chi connectivity index (χ1n) is 5.26. The molecule has 0 aliphatic carbocycles. The summed E-state index contributed by atoms with van der Waals surface area (Å²) in [6.07, 6.45) is 0.661. The number of carboxylic acid groups (broad SMARTS) is 1. The molecule has 1 aromatic heterocycles. The molecule has 0 unspecified atom stereocenters. The summed E-state index contributed by atoms with van der Waals surface area (Å²) in [6, 6.07) is 11.3. The van der Waals surface area contributed by atoms with Crippen molar-refractivity contribution >= 4 is 5.97 Å². The van der Waals surface area contributed by atoms with Crippen molar-refractivity contribution in [1.82, 2.24) is 10.2 Å². The SMILES string of the molecule is Cc1cccc(Cc2ccc(C(=O)O)nn2)c1. The third-order valence-electron chi connectivity index (χ3n) is 2.41. The lowest BCUT2D eigenvalue weighted by Crippen LogP contribution is -2.03. The Hall–Kier alpha value is -2.23. The number of aryl methyl sites for hydroxylation is 1. The number of carbonyl (C=O) groups is 1. The number of aromatic carboxylic acids is 1. The van der Waals surface area contributed by atoms with Crippen LogP contribution in [0.1, 0.15) is 27.3 Å². The lowest BCUT2D eigenvalue weighted by Gasteiger charge is -2.02. The van der Waals surface area contributed by atoms with Gasteiger partial charge in [-0.2, -0.15) is 5.10 Å². The van der Waals surface area contributed by atoms with Crippen molar-refractivity contribution < 1.29 is 9.90 Å². The minimum Gasteiger partial charge on any atom is -0.476 e. The molecule has 4 nitrogen and oxygen atoms in total. The van der Waals surface area contributed by atoms with Gasteiger partial charge >= 0.3 is 5.97 Å². The summed E-state index contributed by atoms with van der Waals surface area (Å²) >= 11 is 0. The van der Waals surface area contributed by atoms with Crippen molar-refractivity contribution in [3.63, 3.8) is 0 Å². The first-order chi connectivity index (χ1) is 8.15. The molecular formula is C13H12N2O2. The Morgan fingerprint density at radius 2 is 2.06 bits per heavy atom. The van der Waals surface area contributed by atoms with Crippen LogP contribution in [0.4, 0.5) is 0 Å². The summed E-state index contributed by atoms with van der Waals surface area (Å²) in [5, 5.41) is 16.2. The lowest BCUT2D eigenvalue weighted by molar-refractivity contribution is 0.0689. The van der Waals surface area contributed by atoms with Crippen LogP contribution in [0.25, 0.3) is 0 Å². The van der Waals surface area contributed by atoms with E-state index in [1.54, 1.807) is 6.07 Å². The zero-order chi connectivity index (χ0) is 12.3. The predicted molar refractivity (Wildman–Crippen MR) is 63.0 cm³/mol. The van der Waals surface area contributed by atoms with Crippen LogP contribution in [0.5, 0.6) is 0 Å². The van der Waals surface area contributed by atoms with Gasteiger partial charge in [0.15, 0.2) is 5.69 Å². The average Bonchev–Trinajstić information content (AvgIpc) is 2.29. The molecule has 0 saturated heterocycles.